The fraction of sp³-hybridized carbons (Fsp3) is 0.292. The minimum absolute atomic E-state index is 0.0528. The fourth-order valence-corrected chi connectivity index (χ4v) is 3.61. The Bertz CT molecular complexity index is 908. The third-order valence-electron chi connectivity index (χ3n) is 5.23. The fourth-order valence-electron chi connectivity index (χ4n) is 3.61. The maximum atomic E-state index is 13.5. The highest BCUT2D eigenvalue weighted by Crippen LogP contribution is 2.28. The first-order valence-electron chi connectivity index (χ1n) is 10.4. The second kappa shape index (κ2) is 9.39. The SMILES string of the molecule is CCc1cnc(OC2CCCN(C(=O)N(c3ccccc3)c3ccccc3)C2)nc1. The first-order valence-corrected chi connectivity index (χ1v) is 10.4. The molecule has 1 atom stereocenters. The van der Waals surface area contributed by atoms with Crippen molar-refractivity contribution in [2.24, 2.45) is 0 Å². The average molecular weight is 402 g/mol. The summed E-state index contributed by atoms with van der Waals surface area (Å²) < 4.78 is 5.99. The maximum absolute atomic E-state index is 13.5. The van der Waals surface area contributed by atoms with Crippen molar-refractivity contribution in [2.75, 3.05) is 18.0 Å². The number of aryl methyl sites for hydroxylation is 1. The molecule has 1 aliphatic rings. The van der Waals surface area contributed by atoms with Gasteiger partial charge in [0.1, 0.15) is 6.10 Å². The van der Waals surface area contributed by atoms with Gasteiger partial charge in [0.05, 0.1) is 17.9 Å². The van der Waals surface area contributed by atoms with Crippen LogP contribution >= 0.6 is 0 Å². The lowest BCUT2D eigenvalue weighted by Crippen LogP contribution is -2.49. The molecule has 3 aromatic rings. The Balaban J connectivity index is 1.51. The van der Waals surface area contributed by atoms with Gasteiger partial charge in [-0.15, -0.1) is 0 Å². The molecule has 154 valence electrons. The molecule has 4 rings (SSSR count). The summed E-state index contributed by atoms with van der Waals surface area (Å²) in [6.07, 6.45) is 6.10. The molecule has 0 radical (unpaired) electrons. The molecular formula is C24H26N4O2. The third kappa shape index (κ3) is 4.59. The van der Waals surface area contributed by atoms with Crippen molar-refractivity contribution >= 4 is 17.4 Å². The van der Waals surface area contributed by atoms with E-state index in [4.69, 9.17) is 4.74 Å². The van der Waals surface area contributed by atoms with Gasteiger partial charge < -0.3 is 9.64 Å². The molecule has 2 aromatic carbocycles. The Labute approximate surface area is 177 Å². The maximum Gasteiger partial charge on any atom is 0.329 e. The van der Waals surface area contributed by atoms with Gasteiger partial charge >= 0.3 is 12.0 Å². The number of amides is 2. The molecule has 0 N–H and O–H groups in total. The number of piperidine rings is 1. The topological polar surface area (TPSA) is 58.6 Å². The van der Waals surface area contributed by atoms with Gasteiger partial charge in [-0.2, -0.15) is 0 Å². The number of benzene rings is 2. The van der Waals surface area contributed by atoms with Crippen LogP contribution in [0.4, 0.5) is 16.2 Å². The van der Waals surface area contributed by atoms with Crippen LogP contribution in [0.5, 0.6) is 6.01 Å². The predicted molar refractivity (Wildman–Crippen MR) is 117 cm³/mol. The number of ether oxygens (including phenoxy) is 1. The summed E-state index contributed by atoms with van der Waals surface area (Å²) in [5.74, 6) is 0. The number of rotatable bonds is 5. The molecule has 1 unspecified atom stereocenters. The van der Waals surface area contributed by atoms with E-state index >= 15 is 0 Å². The molecule has 6 heteroatoms. The Morgan fingerprint density at radius 1 is 1.03 bits per heavy atom. The van der Waals surface area contributed by atoms with Gasteiger partial charge in [-0.25, -0.2) is 14.8 Å². The summed E-state index contributed by atoms with van der Waals surface area (Å²) in [5, 5.41) is 0. The minimum atomic E-state index is -0.122. The van der Waals surface area contributed by atoms with Crippen LogP contribution in [0.2, 0.25) is 0 Å². The number of urea groups is 1. The van der Waals surface area contributed by atoms with Crippen molar-refractivity contribution in [3.63, 3.8) is 0 Å². The van der Waals surface area contributed by atoms with Gasteiger partial charge in [0, 0.05) is 18.9 Å². The quantitative estimate of drug-likeness (QED) is 0.613. The number of carbonyl (C=O) groups is 1. The normalized spacial score (nSPS) is 16.2. The molecule has 0 saturated carbocycles. The van der Waals surface area contributed by atoms with E-state index in [1.807, 2.05) is 65.6 Å². The number of aromatic nitrogens is 2. The number of para-hydroxylation sites is 2. The van der Waals surface area contributed by atoms with Gasteiger partial charge in [-0.1, -0.05) is 43.3 Å². The number of likely N-dealkylation sites (tertiary alicyclic amines) is 1. The second-order valence-electron chi connectivity index (χ2n) is 7.34. The Morgan fingerprint density at radius 3 is 2.20 bits per heavy atom. The number of nitrogens with zero attached hydrogens (tertiary/aromatic N) is 4. The van der Waals surface area contributed by atoms with Crippen molar-refractivity contribution in [1.29, 1.82) is 0 Å². The number of anilines is 2. The lowest BCUT2D eigenvalue weighted by molar-refractivity contribution is 0.0968. The van der Waals surface area contributed by atoms with Gasteiger partial charge in [0.25, 0.3) is 0 Å². The van der Waals surface area contributed by atoms with Crippen molar-refractivity contribution in [3.05, 3.63) is 78.6 Å². The molecule has 2 heterocycles. The Morgan fingerprint density at radius 2 is 1.63 bits per heavy atom. The zero-order valence-corrected chi connectivity index (χ0v) is 17.1. The molecule has 30 heavy (non-hydrogen) atoms. The predicted octanol–water partition coefficient (Wildman–Crippen LogP) is 4.84. The lowest BCUT2D eigenvalue weighted by Gasteiger charge is -2.36. The molecule has 1 fully saturated rings. The van der Waals surface area contributed by atoms with Crippen LogP contribution in [0.15, 0.2) is 73.1 Å². The van der Waals surface area contributed by atoms with Gasteiger partial charge in [0.15, 0.2) is 0 Å². The van der Waals surface area contributed by atoms with Gasteiger partial charge in [0.2, 0.25) is 0 Å². The largest absolute Gasteiger partial charge is 0.458 e. The summed E-state index contributed by atoms with van der Waals surface area (Å²) in [6, 6.07) is 19.8. The highest BCUT2D eigenvalue weighted by Gasteiger charge is 2.30. The van der Waals surface area contributed by atoms with Crippen molar-refractivity contribution in [2.45, 2.75) is 32.3 Å². The van der Waals surface area contributed by atoms with E-state index in [1.54, 1.807) is 17.3 Å². The van der Waals surface area contributed by atoms with Crippen molar-refractivity contribution in [1.82, 2.24) is 14.9 Å². The third-order valence-corrected chi connectivity index (χ3v) is 5.23. The van der Waals surface area contributed by atoms with Crippen LogP contribution in [0.3, 0.4) is 0 Å². The average Bonchev–Trinajstić information content (AvgIpc) is 2.81. The van der Waals surface area contributed by atoms with E-state index < -0.39 is 0 Å². The summed E-state index contributed by atoms with van der Waals surface area (Å²) >= 11 is 0. The zero-order valence-electron chi connectivity index (χ0n) is 17.1. The van der Waals surface area contributed by atoms with Crippen LogP contribution in [0, 0.1) is 0 Å². The molecule has 2 amide bonds. The van der Waals surface area contributed by atoms with E-state index in [0.717, 1.165) is 36.2 Å². The van der Waals surface area contributed by atoms with Crippen LogP contribution in [-0.2, 0) is 6.42 Å². The van der Waals surface area contributed by atoms with E-state index in [1.165, 1.54) is 0 Å². The molecular weight excluding hydrogens is 376 g/mol. The first-order chi connectivity index (χ1) is 14.7. The standard InChI is InChI=1S/C24H26N4O2/c1-2-19-16-25-23(26-17-19)30-22-14-9-15-27(18-22)24(29)28(20-10-5-3-6-11-20)21-12-7-4-8-13-21/h3-8,10-13,16-17,22H,2,9,14-15,18H2,1H3. The first kappa shape index (κ1) is 19.9. The van der Waals surface area contributed by atoms with Gasteiger partial charge in [-0.05, 0) is 49.1 Å². The number of hydrogen-bond acceptors (Lipinski definition) is 4. The molecule has 1 aliphatic heterocycles. The van der Waals surface area contributed by atoms with Crippen LogP contribution in [-0.4, -0.2) is 40.1 Å². The van der Waals surface area contributed by atoms with Crippen LogP contribution in [0.25, 0.3) is 0 Å². The zero-order chi connectivity index (χ0) is 20.8. The number of carbonyl (C=O) groups excluding carboxylic acids is 1. The summed E-state index contributed by atoms with van der Waals surface area (Å²) in [7, 11) is 0. The van der Waals surface area contributed by atoms with Crippen molar-refractivity contribution < 1.29 is 9.53 Å². The summed E-state index contributed by atoms with van der Waals surface area (Å²) in [4.78, 5) is 25.8. The molecule has 1 saturated heterocycles. The summed E-state index contributed by atoms with van der Waals surface area (Å²) in [5.41, 5.74) is 2.76. The molecule has 0 spiro atoms. The molecule has 0 aliphatic carbocycles. The van der Waals surface area contributed by atoms with Crippen molar-refractivity contribution in [3.8, 4) is 6.01 Å². The number of hydrogen-bond donors (Lipinski definition) is 0. The van der Waals surface area contributed by atoms with E-state index in [2.05, 4.69) is 16.9 Å². The lowest BCUT2D eigenvalue weighted by atomic mass is 10.1. The highest BCUT2D eigenvalue weighted by atomic mass is 16.5. The van der Waals surface area contributed by atoms with E-state index in [9.17, 15) is 4.79 Å². The van der Waals surface area contributed by atoms with Crippen LogP contribution in [0.1, 0.15) is 25.3 Å². The van der Waals surface area contributed by atoms with E-state index in [-0.39, 0.29) is 12.1 Å². The molecule has 0 bridgehead atoms. The monoisotopic (exact) mass is 402 g/mol. The smallest absolute Gasteiger partial charge is 0.329 e. The molecule has 6 nitrogen and oxygen atoms in total. The highest BCUT2D eigenvalue weighted by molar-refractivity contribution is 5.99. The van der Waals surface area contributed by atoms with Crippen LogP contribution < -0.4 is 9.64 Å². The minimum Gasteiger partial charge on any atom is -0.458 e. The van der Waals surface area contributed by atoms with E-state index in [0.29, 0.717) is 19.1 Å². The van der Waals surface area contributed by atoms with Gasteiger partial charge in [-0.3, -0.25) is 4.90 Å². The summed E-state index contributed by atoms with van der Waals surface area (Å²) in [6.45, 7) is 3.27. The molecule has 1 aromatic heterocycles. The Kier molecular flexibility index (Phi) is 6.23. The Hall–Kier alpha value is -3.41. The second-order valence-corrected chi connectivity index (χ2v) is 7.34.